The maximum atomic E-state index is 13.5. The second-order valence-electron chi connectivity index (χ2n) is 4.98. The molecule has 1 heterocycles. The van der Waals surface area contributed by atoms with Crippen LogP contribution in [0.15, 0.2) is 65.7 Å². The van der Waals surface area contributed by atoms with E-state index in [4.69, 9.17) is 4.84 Å². The van der Waals surface area contributed by atoms with E-state index in [2.05, 4.69) is 0 Å². The van der Waals surface area contributed by atoms with Crippen molar-refractivity contribution in [1.82, 2.24) is 4.73 Å². The fourth-order valence-corrected chi connectivity index (χ4v) is 2.40. The van der Waals surface area contributed by atoms with Gasteiger partial charge in [-0.25, -0.2) is 8.78 Å². The average molecular weight is 313 g/mol. The van der Waals surface area contributed by atoms with Gasteiger partial charge in [0.05, 0.1) is 12.4 Å². The van der Waals surface area contributed by atoms with Gasteiger partial charge in [-0.15, -0.1) is 0 Å². The van der Waals surface area contributed by atoms with Crippen LogP contribution in [0.4, 0.5) is 8.78 Å². The Morgan fingerprint density at radius 1 is 0.870 bits per heavy atom. The van der Waals surface area contributed by atoms with E-state index in [-0.39, 0.29) is 16.6 Å². The number of benzene rings is 2. The summed E-state index contributed by atoms with van der Waals surface area (Å²) in [5.74, 6) is -1.48. The summed E-state index contributed by atoms with van der Waals surface area (Å²) in [5, 5.41) is 0. The van der Waals surface area contributed by atoms with Crippen LogP contribution in [0.1, 0.15) is 0 Å². The van der Waals surface area contributed by atoms with Crippen molar-refractivity contribution in [3.63, 3.8) is 0 Å². The zero-order valence-corrected chi connectivity index (χ0v) is 12.3. The maximum Gasteiger partial charge on any atom is 0.197 e. The van der Waals surface area contributed by atoms with E-state index in [1.165, 1.54) is 24.2 Å². The minimum atomic E-state index is -0.742. The van der Waals surface area contributed by atoms with Crippen LogP contribution in [0, 0.1) is 11.6 Å². The predicted octanol–water partition coefficient (Wildman–Crippen LogP) is 3.52. The Balaban J connectivity index is 2.27. The smallest absolute Gasteiger partial charge is 0.197 e. The molecular weight excluding hydrogens is 300 g/mol. The molecule has 0 unspecified atom stereocenters. The van der Waals surface area contributed by atoms with E-state index in [0.717, 1.165) is 18.2 Å². The number of halogens is 2. The maximum absolute atomic E-state index is 13.5. The highest BCUT2D eigenvalue weighted by atomic mass is 19.1. The first-order chi connectivity index (χ1) is 11.1. The van der Waals surface area contributed by atoms with Gasteiger partial charge in [-0.1, -0.05) is 30.3 Å². The Kier molecular flexibility index (Phi) is 3.93. The average Bonchev–Trinajstić information content (AvgIpc) is 2.55. The number of pyridine rings is 1. The van der Waals surface area contributed by atoms with Crippen LogP contribution < -0.4 is 10.3 Å². The van der Waals surface area contributed by atoms with E-state index in [0.29, 0.717) is 11.1 Å². The highest BCUT2D eigenvalue weighted by molar-refractivity contribution is 5.71. The molecule has 0 aliphatic rings. The van der Waals surface area contributed by atoms with Gasteiger partial charge in [0.25, 0.3) is 0 Å². The number of hydrogen-bond acceptors (Lipinski definition) is 2. The summed E-state index contributed by atoms with van der Waals surface area (Å²) in [7, 11) is 1.44. The van der Waals surface area contributed by atoms with E-state index >= 15 is 0 Å². The van der Waals surface area contributed by atoms with Gasteiger partial charge in [0.2, 0.25) is 0 Å². The van der Waals surface area contributed by atoms with Gasteiger partial charge < -0.3 is 4.84 Å². The fraction of sp³-hybridized carbons (Fsp3) is 0.0556. The van der Waals surface area contributed by atoms with E-state index in [1.807, 2.05) is 6.07 Å². The molecule has 2 aromatic carbocycles. The summed E-state index contributed by atoms with van der Waals surface area (Å²) >= 11 is 0. The summed E-state index contributed by atoms with van der Waals surface area (Å²) in [4.78, 5) is 17.9. The van der Waals surface area contributed by atoms with Crippen LogP contribution in [0.2, 0.25) is 0 Å². The van der Waals surface area contributed by atoms with Gasteiger partial charge in [0, 0.05) is 17.2 Å². The highest BCUT2D eigenvalue weighted by Gasteiger charge is 2.13. The lowest BCUT2D eigenvalue weighted by Crippen LogP contribution is -2.16. The number of nitrogens with zero attached hydrogens (tertiary/aromatic N) is 1. The lowest BCUT2D eigenvalue weighted by atomic mass is 10.0. The first kappa shape index (κ1) is 15.0. The summed E-state index contributed by atoms with van der Waals surface area (Å²) in [6.45, 7) is 0. The molecule has 0 spiro atoms. The Labute approximate surface area is 131 Å². The van der Waals surface area contributed by atoms with Crippen molar-refractivity contribution < 1.29 is 13.6 Å². The summed E-state index contributed by atoms with van der Waals surface area (Å²) < 4.78 is 28.3. The quantitative estimate of drug-likeness (QED) is 0.741. The Bertz CT molecular complexity index is 884. The lowest BCUT2D eigenvalue weighted by Gasteiger charge is -2.11. The van der Waals surface area contributed by atoms with Crippen molar-refractivity contribution in [3.05, 3.63) is 82.8 Å². The second-order valence-corrected chi connectivity index (χ2v) is 4.98. The van der Waals surface area contributed by atoms with Gasteiger partial charge in [0.15, 0.2) is 5.43 Å². The molecule has 0 saturated heterocycles. The molecule has 0 radical (unpaired) electrons. The minimum absolute atomic E-state index is 0.159. The monoisotopic (exact) mass is 313 g/mol. The van der Waals surface area contributed by atoms with Gasteiger partial charge in [0.1, 0.15) is 18.7 Å². The molecule has 3 aromatic rings. The van der Waals surface area contributed by atoms with Gasteiger partial charge in [-0.2, -0.15) is 4.73 Å². The largest absolute Gasteiger partial charge is 0.418 e. The van der Waals surface area contributed by atoms with Crippen molar-refractivity contribution in [3.8, 4) is 22.3 Å². The number of aromatic nitrogens is 1. The molecule has 0 atom stereocenters. The zero-order chi connectivity index (χ0) is 16.4. The van der Waals surface area contributed by atoms with Crippen molar-refractivity contribution in [2.45, 2.75) is 0 Å². The molecule has 0 aliphatic heterocycles. The molecule has 3 rings (SSSR count). The summed E-state index contributed by atoms with van der Waals surface area (Å²) in [5.41, 5.74) is 1.08. The van der Waals surface area contributed by atoms with E-state index in [9.17, 15) is 13.6 Å². The van der Waals surface area contributed by atoms with Crippen LogP contribution in [-0.2, 0) is 0 Å². The van der Waals surface area contributed by atoms with Crippen LogP contribution in [-0.4, -0.2) is 11.8 Å². The third-order valence-corrected chi connectivity index (χ3v) is 3.47. The molecular formula is C18H13F2NO2. The lowest BCUT2D eigenvalue weighted by molar-refractivity contribution is 0.166. The van der Waals surface area contributed by atoms with Crippen molar-refractivity contribution in [1.29, 1.82) is 0 Å². The van der Waals surface area contributed by atoms with Crippen molar-refractivity contribution >= 4 is 0 Å². The number of hydrogen-bond donors (Lipinski definition) is 0. The molecule has 0 N–H and O–H groups in total. The normalized spacial score (nSPS) is 10.6. The molecule has 0 saturated carbocycles. The molecule has 1 aromatic heterocycles. The molecule has 0 amide bonds. The van der Waals surface area contributed by atoms with E-state index < -0.39 is 11.6 Å². The second kappa shape index (κ2) is 6.04. The van der Waals surface area contributed by atoms with Crippen LogP contribution in [0.3, 0.4) is 0 Å². The Hall–Kier alpha value is -2.95. The fourth-order valence-electron chi connectivity index (χ4n) is 2.40. The molecule has 0 bridgehead atoms. The predicted molar refractivity (Wildman–Crippen MR) is 84.0 cm³/mol. The van der Waals surface area contributed by atoms with Crippen molar-refractivity contribution in [2.75, 3.05) is 7.11 Å². The van der Waals surface area contributed by atoms with Crippen LogP contribution >= 0.6 is 0 Å². The van der Waals surface area contributed by atoms with Gasteiger partial charge >= 0.3 is 0 Å². The molecule has 0 fully saturated rings. The molecule has 116 valence electrons. The molecule has 3 nitrogen and oxygen atoms in total. The van der Waals surface area contributed by atoms with Crippen LogP contribution in [0.5, 0.6) is 0 Å². The van der Waals surface area contributed by atoms with Gasteiger partial charge in [-0.05, 0) is 23.3 Å². The standard InChI is InChI=1S/C18H13F2NO2/c1-23-21-10-16(12-5-3-2-4-6-12)18(22)17(11-21)13-7-14(19)9-15(20)8-13/h2-11H,1H3. The first-order valence-electron chi connectivity index (χ1n) is 6.91. The molecule has 5 heteroatoms. The SMILES string of the molecule is COn1cc(-c2ccccc2)c(=O)c(-c2cc(F)cc(F)c2)c1. The topological polar surface area (TPSA) is 31.2 Å². The minimum Gasteiger partial charge on any atom is -0.418 e. The van der Waals surface area contributed by atoms with Gasteiger partial charge in [-0.3, -0.25) is 4.79 Å². The number of rotatable bonds is 3. The third kappa shape index (κ3) is 2.99. The van der Waals surface area contributed by atoms with E-state index in [1.54, 1.807) is 24.3 Å². The third-order valence-electron chi connectivity index (χ3n) is 3.47. The summed E-state index contributed by atoms with van der Waals surface area (Å²) in [6.07, 6.45) is 2.94. The summed E-state index contributed by atoms with van der Waals surface area (Å²) in [6, 6.07) is 12.0. The molecule has 0 aliphatic carbocycles. The molecule has 23 heavy (non-hydrogen) atoms. The Morgan fingerprint density at radius 3 is 2.00 bits per heavy atom. The van der Waals surface area contributed by atoms with Crippen molar-refractivity contribution in [2.24, 2.45) is 0 Å². The first-order valence-corrected chi connectivity index (χ1v) is 6.91. The van der Waals surface area contributed by atoms with Crippen LogP contribution in [0.25, 0.3) is 22.3 Å². The highest BCUT2D eigenvalue weighted by Crippen LogP contribution is 2.22. The Morgan fingerprint density at radius 2 is 1.43 bits per heavy atom. The zero-order valence-electron chi connectivity index (χ0n) is 12.3.